The average molecular weight is 415 g/mol. The zero-order chi connectivity index (χ0) is 20.9. The maximum absolute atomic E-state index is 6.96. The third-order valence-electron chi connectivity index (χ3n) is 5.66. The Morgan fingerprint density at radius 1 is 0.567 bits per heavy atom. The molecule has 0 aliphatic heterocycles. The van der Waals surface area contributed by atoms with Crippen LogP contribution < -0.4 is 15.6 Å². The zero-order valence-corrected chi connectivity index (χ0v) is 19.0. The maximum Gasteiger partial charge on any atom is 0.288 e. The second-order valence-electron chi connectivity index (χ2n) is 7.83. The van der Waals surface area contributed by atoms with Gasteiger partial charge in [0.25, 0.3) is 8.32 Å². The van der Waals surface area contributed by atoms with Crippen molar-refractivity contribution >= 4 is 23.9 Å². The fraction of sp³-hybridized carbons (Fsp3) is 0.286. The standard InChI is InChI=1S/C28H34OSi/c1-2-3-4-5-6-7-8-18-25-29-30(26-19-12-9-13-20-26,27-21-14-10-15-22-27)28-23-16-11-17-24-28/h2,9-17,19-24H,1,3-8,18,25H2. The zero-order valence-electron chi connectivity index (χ0n) is 18.0. The van der Waals surface area contributed by atoms with Crippen LogP contribution in [0, 0.1) is 0 Å². The topological polar surface area (TPSA) is 9.23 Å². The molecule has 0 spiro atoms. The fourth-order valence-corrected chi connectivity index (χ4v) is 8.03. The highest BCUT2D eigenvalue weighted by Gasteiger charge is 2.41. The molecule has 0 N–H and O–H groups in total. The van der Waals surface area contributed by atoms with Crippen LogP contribution in [0.4, 0.5) is 0 Å². The quantitative estimate of drug-likeness (QED) is 0.153. The second kappa shape index (κ2) is 12.3. The molecule has 3 aromatic rings. The molecule has 0 aliphatic rings. The summed E-state index contributed by atoms with van der Waals surface area (Å²) >= 11 is 0. The van der Waals surface area contributed by atoms with Crippen molar-refractivity contribution in [2.75, 3.05) is 6.61 Å². The first-order valence-electron chi connectivity index (χ1n) is 11.3. The second-order valence-corrected chi connectivity index (χ2v) is 11.2. The van der Waals surface area contributed by atoms with Gasteiger partial charge in [-0.1, -0.05) is 123 Å². The lowest BCUT2D eigenvalue weighted by atomic mass is 10.1. The van der Waals surface area contributed by atoms with Gasteiger partial charge in [0.15, 0.2) is 0 Å². The summed E-state index contributed by atoms with van der Waals surface area (Å²) < 4.78 is 6.96. The highest BCUT2D eigenvalue weighted by Crippen LogP contribution is 2.12. The summed E-state index contributed by atoms with van der Waals surface area (Å²) in [7, 11) is -2.52. The van der Waals surface area contributed by atoms with E-state index in [1.54, 1.807) is 0 Å². The monoisotopic (exact) mass is 414 g/mol. The summed E-state index contributed by atoms with van der Waals surface area (Å²) in [5, 5.41) is 3.94. The lowest BCUT2D eigenvalue weighted by Crippen LogP contribution is -2.69. The number of hydrogen-bond acceptors (Lipinski definition) is 1. The molecule has 3 aromatic carbocycles. The van der Waals surface area contributed by atoms with Crippen molar-refractivity contribution in [1.29, 1.82) is 0 Å². The molecular weight excluding hydrogens is 380 g/mol. The van der Waals surface area contributed by atoms with Crippen LogP contribution >= 0.6 is 0 Å². The Morgan fingerprint density at radius 2 is 0.967 bits per heavy atom. The minimum absolute atomic E-state index is 0.803. The Bertz CT molecular complexity index is 749. The largest absolute Gasteiger partial charge is 0.404 e. The molecule has 1 nitrogen and oxygen atoms in total. The van der Waals surface area contributed by atoms with E-state index in [0.717, 1.165) is 19.4 Å². The fourth-order valence-electron chi connectivity index (χ4n) is 4.09. The van der Waals surface area contributed by atoms with Gasteiger partial charge in [-0.2, -0.15) is 0 Å². The molecule has 0 heterocycles. The van der Waals surface area contributed by atoms with Gasteiger partial charge in [-0.3, -0.25) is 0 Å². The van der Waals surface area contributed by atoms with Gasteiger partial charge in [0.05, 0.1) is 0 Å². The minimum atomic E-state index is -2.52. The van der Waals surface area contributed by atoms with Crippen LogP contribution in [0.1, 0.15) is 44.9 Å². The predicted octanol–water partition coefficient (Wildman–Crippen LogP) is 5.59. The van der Waals surface area contributed by atoms with E-state index in [4.69, 9.17) is 4.43 Å². The van der Waals surface area contributed by atoms with E-state index in [1.807, 2.05) is 6.08 Å². The van der Waals surface area contributed by atoms with Crippen LogP contribution in [0.2, 0.25) is 0 Å². The maximum atomic E-state index is 6.96. The van der Waals surface area contributed by atoms with E-state index >= 15 is 0 Å². The van der Waals surface area contributed by atoms with Crippen molar-refractivity contribution in [2.24, 2.45) is 0 Å². The van der Waals surface area contributed by atoms with Crippen molar-refractivity contribution in [3.63, 3.8) is 0 Å². The molecule has 0 aromatic heterocycles. The van der Waals surface area contributed by atoms with Gasteiger partial charge in [-0.15, -0.1) is 6.58 Å². The molecule has 0 unspecified atom stereocenters. The van der Waals surface area contributed by atoms with E-state index in [2.05, 4.69) is 97.6 Å². The van der Waals surface area contributed by atoms with Gasteiger partial charge < -0.3 is 4.43 Å². The molecule has 3 rings (SSSR count). The predicted molar refractivity (Wildman–Crippen MR) is 132 cm³/mol. The van der Waals surface area contributed by atoms with Crippen LogP contribution in [-0.2, 0) is 4.43 Å². The lowest BCUT2D eigenvalue weighted by Gasteiger charge is -2.33. The summed E-state index contributed by atoms with van der Waals surface area (Å²) in [5.74, 6) is 0. The first kappa shape index (κ1) is 22.3. The van der Waals surface area contributed by atoms with Crippen molar-refractivity contribution in [3.05, 3.63) is 104 Å². The molecule has 0 radical (unpaired) electrons. The summed E-state index contributed by atoms with van der Waals surface area (Å²) in [6, 6.07) is 32.5. The number of unbranched alkanes of at least 4 members (excludes halogenated alkanes) is 6. The highest BCUT2D eigenvalue weighted by molar-refractivity contribution is 7.07. The van der Waals surface area contributed by atoms with Crippen LogP contribution in [0.5, 0.6) is 0 Å². The van der Waals surface area contributed by atoms with Crippen LogP contribution in [0.25, 0.3) is 0 Å². The van der Waals surface area contributed by atoms with Crippen LogP contribution in [0.15, 0.2) is 104 Å². The van der Waals surface area contributed by atoms with E-state index in [0.29, 0.717) is 0 Å². The highest BCUT2D eigenvalue weighted by atomic mass is 28.4. The smallest absolute Gasteiger partial charge is 0.288 e. The summed E-state index contributed by atoms with van der Waals surface area (Å²) in [5.41, 5.74) is 0. The lowest BCUT2D eigenvalue weighted by molar-refractivity contribution is 0.309. The average Bonchev–Trinajstić information content (AvgIpc) is 2.82. The van der Waals surface area contributed by atoms with Crippen molar-refractivity contribution < 1.29 is 4.43 Å². The SMILES string of the molecule is C=CCCCCCCCCO[Si](c1ccccc1)(c1ccccc1)c1ccccc1. The third kappa shape index (κ3) is 5.81. The Hall–Kier alpha value is -2.42. The summed E-state index contributed by atoms with van der Waals surface area (Å²) in [4.78, 5) is 0. The Balaban J connectivity index is 1.77. The molecule has 0 saturated heterocycles. The summed E-state index contributed by atoms with van der Waals surface area (Å²) in [6.45, 7) is 4.61. The van der Waals surface area contributed by atoms with Crippen LogP contribution in [0.3, 0.4) is 0 Å². The molecular formula is C28H34OSi. The molecule has 2 heteroatoms. The molecule has 0 saturated carbocycles. The normalized spacial score (nSPS) is 11.3. The van der Waals surface area contributed by atoms with Gasteiger partial charge in [-0.25, -0.2) is 0 Å². The molecule has 0 bridgehead atoms. The van der Waals surface area contributed by atoms with E-state index in [9.17, 15) is 0 Å². The first-order valence-corrected chi connectivity index (χ1v) is 13.2. The number of allylic oxidation sites excluding steroid dienone is 1. The summed E-state index contributed by atoms with van der Waals surface area (Å²) in [6.07, 6.45) is 10.7. The van der Waals surface area contributed by atoms with Crippen LogP contribution in [-0.4, -0.2) is 14.9 Å². The first-order chi connectivity index (χ1) is 14.9. The molecule has 0 amide bonds. The Kier molecular flexibility index (Phi) is 9.14. The van der Waals surface area contributed by atoms with Gasteiger partial charge in [0.2, 0.25) is 0 Å². The molecule has 30 heavy (non-hydrogen) atoms. The van der Waals surface area contributed by atoms with E-state index in [-0.39, 0.29) is 0 Å². The van der Waals surface area contributed by atoms with Gasteiger partial charge >= 0.3 is 0 Å². The third-order valence-corrected chi connectivity index (χ3v) is 9.74. The molecule has 0 fully saturated rings. The van der Waals surface area contributed by atoms with Crippen molar-refractivity contribution in [3.8, 4) is 0 Å². The van der Waals surface area contributed by atoms with Crippen molar-refractivity contribution in [1.82, 2.24) is 0 Å². The van der Waals surface area contributed by atoms with E-state index < -0.39 is 8.32 Å². The number of hydrogen-bond donors (Lipinski definition) is 0. The molecule has 0 aliphatic carbocycles. The van der Waals surface area contributed by atoms with Crippen molar-refractivity contribution in [2.45, 2.75) is 44.9 Å². The molecule has 0 atom stereocenters. The Labute approximate surface area is 183 Å². The minimum Gasteiger partial charge on any atom is -0.404 e. The number of benzene rings is 3. The van der Waals surface area contributed by atoms with Gasteiger partial charge in [0.1, 0.15) is 0 Å². The van der Waals surface area contributed by atoms with Gasteiger partial charge in [0, 0.05) is 6.61 Å². The van der Waals surface area contributed by atoms with Gasteiger partial charge in [-0.05, 0) is 34.8 Å². The number of rotatable bonds is 13. The van der Waals surface area contributed by atoms with E-state index in [1.165, 1.54) is 47.7 Å². The molecule has 156 valence electrons. The Morgan fingerprint density at radius 3 is 1.40 bits per heavy atom.